The molecule has 0 aliphatic rings. The van der Waals surface area contributed by atoms with Crippen molar-refractivity contribution in [3.05, 3.63) is 41.0 Å². The molecule has 0 atom stereocenters. The minimum atomic E-state index is 0.616. The normalized spacial score (nSPS) is 11.5. The van der Waals surface area contributed by atoms with Gasteiger partial charge in [0.05, 0.1) is 0 Å². The molecule has 0 fully saturated rings. The van der Waals surface area contributed by atoms with Gasteiger partial charge < -0.3 is 0 Å². The second-order valence-corrected chi connectivity index (χ2v) is 4.03. The summed E-state index contributed by atoms with van der Waals surface area (Å²) in [4.78, 5) is 0. The van der Waals surface area contributed by atoms with Crippen LogP contribution in [0.3, 0.4) is 0 Å². The number of hydrogen-bond donors (Lipinski definition) is 0. The maximum absolute atomic E-state index is 2.25. The van der Waals surface area contributed by atoms with E-state index in [4.69, 9.17) is 0 Å². The van der Waals surface area contributed by atoms with Crippen molar-refractivity contribution in [1.29, 1.82) is 0 Å². The SMILES string of the molecule is CC/C=C\c1cccc(C(C)C)c1C. The van der Waals surface area contributed by atoms with Crippen molar-refractivity contribution >= 4 is 6.08 Å². The van der Waals surface area contributed by atoms with E-state index >= 15 is 0 Å². The smallest absolute Gasteiger partial charge is 0.0216 e. The van der Waals surface area contributed by atoms with Crippen LogP contribution in [0, 0.1) is 6.92 Å². The Morgan fingerprint density at radius 1 is 1.29 bits per heavy atom. The molecule has 0 aliphatic heterocycles. The molecule has 0 aromatic heterocycles. The van der Waals surface area contributed by atoms with Gasteiger partial charge in [-0.2, -0.15) is 0 Å². The lowest BCUT2D eigenvalue weighted by atomic mass is 9.94. The second-order valence-electron chi connectivity index (χ2n) is 4.03. The number of rotatable bonds is 3. The monoisotopic (exact) mass is 188 g/mol. The molecule has 0 spiro atoms. The molecule has 76 valence electrons. The Balaban J connectivity index is 3.07. The van der Waals surface area contributed by atoms with E-state index in [0.717, 1.165) is 6.42 Å². The first kappa shape index (κ1) is 11.0. The van der Waals surface area contributed by atoms with E-state index in [1.54, 1.807) is 0 Å². The molecule has 14 heavy (non-hydrogen) atoms. The minimum absolute atomic E-state index is 0.616. The fraction of sp³-hybridized carbons (Fsp3) is 0.429. The van der Waals surface area contributed by atoms with Crippen LogP contribution in [0.15, 0.2) is 24.3 Å². The Bertz CT molecular complexity index is 319. The van der Waals surface area contributed by atoms with Gasteiger partial charge in [-0.25, -0.2) is 0 Å². The maximum Gasteiger partial charge on any atom is -0.0216 e. The van der Waals surface area contributed by atoms with E-state index in [9.17, 15) is 0 Å². The molecule has 0 saturated carbocycles. The van der Waals surface area contributed by atoms with Crippen molar-refractivity contribution in [3.8, 4) is 0 Å². The molecule has 1 rings (SSSR count). The van der Waals surface area contributed by atoms with Crippen molar-refractivity contribution < 1.29 is 0 Å². The van der Waals surface area contributed by atoms with Gasteiger partial charge in [0.25, 0.3) is 0 Å². The summed E-state index contributed by atoms with van der Waals surface area (Å²) >= 11 is 0. The fourth-order valence-electron chi connectivity index (χ4n) is 1.72. The molecule has 1 aromatic carbocycles. The topological polar surface area (TPSA) is 0 Å². The Morgan fingerprint density at radius 3 is 2.57 bits per heavy atom. The Kier molecular flexibility index (Phi) is 3.94. The summed E-state index contributed by atoms with van der Waals surface area (Å²) in [6.07, 6.45) is 5.54. The first-order chi connectivity index (χ1) is 6.66. The molecule has 0 heteroatoms. The van der Waals surface area contributed by atoms with E-state index in [1.807, 2.05) is 0 Å². The van der Waals surface area contributed by atoms with Gasteiger partial charge in [0, 0.05) is 0 Å². The molecular formula is C14H20. The third-order valence-electron chi connectivity index (χ3n) is 2.57. The van der Waals surface area contributed by atoms with Crippen LogP contribution in [-0.4, -0.2) is 0 Å². The van der Waals surface area contributed by atoms with Gasteiger partial charge in [0.2, 0.25) is 0 Å². The quantitative estimate of drug-likeness (QED) is 0.653. The third kappa shape index (κ3) is 2.47. The minimum Gasteiger partial charge on any atom is -0.0842 e. The third-order valence-corrected chi connectivity index (χ3v) is 2.57. The van der Waals surface area contributed by atoms with Gasteiger partial charge in [-0.15, -0.1) is 0 Å². The average Bonchev–Trinajstić information content (AvgIpc) is 2.16. The first-order valence-corrected chi connectivity index (χ1v) is 5.42. The first-order valence-electron chi connectivity index (χ1n) is 5.42. The standard InChI is InChI=1S/C14H20/c1-5-6-8-13-9-7-10-14(11(2)3)12(13)4/h6-11H,5H2,1-4H3/b8-6-. The molecule has 0 nitrogen and oxygen atoms in total. The molecule has 0 unspecified atom stereocenters. The zero-order valence-corrected chi connectivity index (χ0v) is 9.67. The Labute approximate surface area is 87.7 Å². The number of benzene rings is 1. The zero-order chi connectivity index (χ0) is 10.6. The summed E-state index contributed by atoms with van der Waals surface area (Å²) in [6.45, 7) is 8.87. The van der Waals surface area contributed by atoms with Gasteiger partial charge >= 0.3 is 0 Å². The van der Waals surface area contributed by atoms with Crippen LogP contribution in [0.4, 0.5) is 0 Å². The molecule has 0 N–H and O–H groups in total. The lowest BCUT2D eigenvalue weighted by Gasteiger charge is -2.11. The van der Waals surface area contributed by atoms with Crippen molar-refractivity contribution in [3.63, 3.8) is 0 Å². The van der Waals surface area contributed by atoms with E-state index in [0.29, 0.717) is 5.92 Å². The van der Waals surface area contributed by atoms with Crippen LogP contribution >= 0.6 is 0 Å². The summed E-state index contributed by atoms with van der Waals surface area (Å²) < 4.78 is 0. The summed E-state index contributed by atoms with van der Waals surface area (Å²) in [5.41, 5.74) is 4.24. The lowest BCUT2D eigenvalue weighted by molar-refractivity contribution is 0.856. The van der Waals surface area contributed by atoms with Crippen molar-refractivity contribution in [2.75, 3.05) is 0 Å². The molecule has 0 saturated heterocycles. The summed E-state index contributed by atoms with van der Waals surface area (Å²) in [6, 6.07) is 6.56. The molecule has 0 heterocycles. The molecule has 0 amide bonds. The summed E-state index contributed by atoms with van der Waals surface area (Å²) in [5, 5.41) is 0. The largest absolute Gasteiger partial charge is 0.0842 e. The van der Waals surface area contributed by atoms with E-state index in [2.05, 4.69) is 58.0 Å². The van der Waals surface area contributed by atoms with Crippen LogP contribution in [0.5, 0.6) is 0 Å². The highest BCUT2D eigenvalue weighted by Gasteiger charge is 2.04. The van der Waals surface area contributed by atoms with Crippen molar-refractivity contribution in [1.82, 2.24) is 0 Å². The molecular weight excluding hydrogens is 168 g/mol. The predicted molar refractivity (Wildman–Crippen MR) is 64.6 cm³/mol. The number of hydrogen-bond acceptors (Lipinski definition) is 0. The zero-order valence-electron chi connectivity index (χ0n) is 9.67. The van der Waals surface area contributed by atoms with E-state index < -0.39 is 0 Å². The second kappa shape index (κ2) is 4.99. The van der Waals surface area contributed by atoms with Gasteiger partial charge in [0.15, 0.2) is 0 Å². The molecule has 0 bridgehead atoms. The summed E-state index contributed by atoms with van der Waals surface area (Å²) in [5.74, 6) is 0.616. The lowest BCUT2D eigenvalue weighted by Crippen LogP contribution is -1.93. The highest BCUT2D eigenvalue weighted by molar-refractivity contribution is 5.55. The molecule has 1 aromatic rings. The Hall–Kier alpha value is -1.04. The number of allylic oxidation sites excluding steroid dienone is 1. The Morgan fingerprint density at radius 2 is 2.00 bits per heavy atom. The molecule has 0 radical (unpaired) electrons. The predicted octanol–water partition coefficient (Wildman–Crippen LogP) is 4.54. The van der Waals surface area contributed by atoms with Crippen LogP contribution in [-0.2, 0) is 0 Å². The fourth-order valence-corrected chi connectivity index (χ4v) is 1.72. The van der Waals surface area contributed by atoms with Crippen LogP contribution in [0.25, 0.3) is 6.08 Å². The summed E-state index contributed by atoms with van der Waals surface area (Å²) in [7, 11) is 0. The van der Waals surface area contributed by atoms with Gasteiger partial charge in [-0.3, -0.25) is 0 Å². The van der Waals surface area contributed by atoms with Crippen LogP contribution in [0.2, 0.25) is 0 Å². The van der Waals surface area contributed by atoms with Crippen molar-refractivity contribution in [2.45, 2.75) is 40.0 Å². The highest BCUT2D eigenvalue weighted by Crippen LogP contribution is 2.22. The highest BCUT2D eigenvalue weighted by atomic mass is 14.1. The molecule has 0 aliphatic carbocycles. The van der Waals surface area contributed by atoms with Gasteiger partial charge in [0.1, 0.15) is 0 Å². The maximum atomic E-state index is 2.25. The van der Waals surface area contributed by atoms with Gasteiger partial charge in [-0.1, -0.05) is 51.1 Å². The van der Waals surface area contributed by atoms with Gasteiger partial charge in [-0.05, 0) is 36.0 Å². The van der Waals surface area contributed by atoms with Crippen LogP contribution in [0.1, 0.15) is 49.8 Å². The van der Waals surface area contributed by atoms with E-state index in [1.165, 1.54) is 16.7 Å². The van der Waals surface area contributed by atoms with Crippen molar-refractivity contribution in [2.24, 2.45) is 0 Å². The average molecular weight is 188 g/mol. The van der Waals surface area contributed by atoms with Crippen LogP contribution < -0.4 is 0 Å². The van der Waals surface area contributed by atoms with E-state index in [-0.39, 0.29) is 0 Å².